The molecule has 0 saturated carbocycles. The number of aliphatic hydroxyl groups excluding tert-OH is 1. The van der Waals surface area contributed by atoms with Crippen LogP contribution in [0.15, 0.2) is 23.5 Å². The minimum atomic E-state index is 0.166. The molecule has 0 aromatic carbocycles. The highest BCUT2D eigenvalue weighted by Crippen LogP contribution is 2.32. The van der Waals surface area contributed by atoms with E-state index in [-0.39, 0.29) is 24.5 Å². The summed E-state index contributed by atoms with van der Waals surface area (Å²) in [5, 5.41) is 10.1. The third-order valence-corrected chi connectivity index (χ3v) is 5.09. The molecular formula is C15H21N5OS. The minimum Gasteiger partial charge on any atom is -0.396 e. The molecule has 7 heteroatoms. The van der Waals surface area contributed by atoms with Gasteiger partial charge < -0.3 is 15.4 Å². The highest BCUT2D eigenvalue weighted by atomic mass is 32.2. The minimum absolute atomic E-state index is 0.166. The number of thioether (sulfide) groups is 1. The van der Waals surface area contributed by atoms with Gasteiger partial charge in [-0.25, -0.2) is 9.97 Å². The zero-order chi connectivity index (χ0) is 15.7. The zero-order valence-electron chi connectivity index (χ0n) is 12.8. The van der Waals surface area contributed by atoms with Crippen LogP contribution in [0, 0.1) is 11.8 Å². The molecule has 2 aromatic rings. The topological polar surface area (TPSA) is 89.9 Å². The van der Waals surface area contributed by atoms with Crippen molar-refractivity contribution in [2.24, 2.45) is 11.8 Å². The Morgan fingerprint density at radius 2 is 2.23 bits per heavy atom. The van der Waals surface area contributed by atoms with Crippen molar-refractivity contribution in [2.75, 3.05) is 18.1 Å². The first-order chi connectivity index (χ1) is 10.6. The summed E-state index contributed by atoms with van der Waals surface area (Å²) in [6.07, 6.45) is 6.81. The molecule has 0 amide bonds. The van der Waals surface area contributed by atoms with E-state index in [4.69, 9.17) is 5.73 Å². The Balaban J connectivity index is 1.95. The fraction of sp³-hybridized carbons (Fsp3) is 0.533. The van der Waals surface area contributed by atoms with Crippen molar-refractivity contribution in [3.05, 3.63) is 18.5 Å². The van der Waals surface area contributed by atoms with E-state index in [1.54, 1.807) is 18.1 Å². The Labute approximate surface area is 133 Å². The first-order valence-corrected chi connectivity index (χ1v) is 8.49. The molecular weight excluding hydrogens is 298 g/mol. The lowest BCUT2D eigenvalue weighted by molar-refractivity contribution is 0.244. The van der Waals surface area contributed by atoms with Crippen molar-refractivity contribution in [3.8, 4) is 0 Å². The summed E-state index contributed by atoms with van der Waals surface area (Å²) in [7, 11) is 0. The van der Waals surface area contributed by atoms with Gasteiger partial charge in [0, 0.05) is 18.3 Å². The maximum atomic E-state index is 9.28. The van der Waals surface area contributed by atoms with Crippen molar-refractivity contribution < 1.29 is 5.11 Å². The first-order valence-electron chi connectivity index (χ1n) is 7.50. The number of anilines is 1. The van der Waals surface area contributed by atoms with Gasteiger partial charge in [0.25, 0.3) is 0 Å². The van der Waals surface area contributed by atoms with E-state index in [1.807, 2.05) is 4.57 Å². The highest BCUT2D eigenvalue weighted by Gasteiger charge is 2.23. The van der Waals surface area contributed by atoms with Gasteiger partial charge in [-0.05, 0) is 12.3 Å². The zero-order valence-corrected chi connectivity index (χ0v) is 13.6. The molecule has 3 N–H and O–H groups in total. The highest BCUT2D eigenvalue weighted by molar-refractivity contribution is 7.99. The van der Waals surface area contributed by atoms with E-state index < -0.39 is 0 Å². The standard InChI is InChI=1S/C15H21N5OS/c1-9(2)7-22-14-12-13(18-15(16)19-14)20(8-17-12)11-4-3-10(5-11)6-21/h3-4,8-11,21H,5-7H2,1-2H3,(H2,16,18,19)/t10-,11+/m1/s1. The average molecular weight is 319 g/mol. The van der Waals surface area contributed by atoms with Gasteiger partial charge in [-0.1, -0.05) is 26.0 Å². The molecule has 0 radical (unpaired) electrons. The van der Waals surface area contributed by atoms with Gasteiger partial charge in [0.1, 0.15) is 10.5 Å². The summed E-state index contributed by atoms with van der Waals surface area (Å²) >= 11 is 1.67. The average Bonchev–Trinajstić information content (AvgIpc) is 3.10. The fourth-order valence-electron chi connectivity index (χ4n) is 2.59. The summed E-state index contributed by atoms with van der Waals surface area (Å²) in [6, 6.07) is 0.166. The largest absolute Gasteiger partial charge is 0.396 e. The number of nitrogens with zero attached hydrogens (tertiary/aromatic N) is 4. The van der Waals surface area contributed by atoms with Crippen LogP contribution in [0.2, 0.25) is 0 Å². The number of nitrogens with two attached hydrogens (primary N) is 1. The number of hydrogen-bond acceptors (Lipinski definition) is 6. The van der Waals surface area contributed by atoms with E-state index in [9.17, 15) is 5.11 Å². The van der Waals surface area contributed by atoms with Gasteiger partial charge in [-0.2, -0.15) is 4.98 Å². The van der Waals surface area contributed by atoms with Crippen LogP contribution in [-0.4, -0.2) is 37.0 Å². The van der Waals surface area contributed by atoms with Gasteiger partial charge in [-0.15, -0.1) is 11.8 Å². The van der Waals surface area contributed by atoms with Crippen molar-refractivity contribution >= 4 is 28.9 Å². The van der Waals surface area contributed by atoms with E-state index >= 15 is 0 Å². The molecule has 0 unspecified atom stereocenters. The number of hydrogen-bond donors (Lipinski definition) is 2. The number of rotatable bonds is 5. The quantitative estimate of drug-likeness (QED) is 0.499. The van der Waals surface area contributed by atoms with E-state index in [0.29, 0.717) is 5.92 Å². The predicted molar refractivity (Wildman–Crippen MR) is 88.7 cm³/mol. The Morgan fingerprint density at radius 1 is 1.41 bits per heavy atom. The summed E-state index contributed by atoms with van der Waals surface area (Å²) < 4.78 is 2.03. The molecule has 118 valence electrons. The van der Waals surface area contributed by atoms with Crippen molar-refractivity contribution in [3.63, 3.8) is 0 Å². The molecule has 0 spiro atoms. The number of fused-ring (bicyclic) bond motifs is 1. The smallest absolute Gasteiger partial charge is 0.223 e. The second-order valence-corrected chi connectivity index (χ2v) is 7.06. The molecule has 1 aliphatic rings. The summed E-state index contributed by atoms with van der Waals surface area (Å²) in [6.45, 7) is 4.52. The third kappa shape index (κ3) is 2.96. The maximum Gasteiger partial charge on any atom is 0.223 e. The lowest BCUT2D eigenvalue weighted by Crippen LogP contribution is -2.08. The maximum absolute atomic E-state index is 9.28. The van der Waals surface area contributed by atoms with Crippen LogP contribution in [0.3, 0.4) is 0 Å². The third-order valence-electron chi connectivity index (χ3n) is 3.70. The van der Waals surface area contributed by atoms with Crippen LogP contribution >= 0.6 is 11.8 Å². The second kappa shape index (κ2) is 6.26. The van der Waals surface area contributed by atoms with E-state index in [0.717, 1.165) is 28.4 Å². The fourth-order valence-corrected chi connectivity index (χ4v) is 3.52. The number of aliphatic hydroxyl groups is 1. The summed E-state index contributed by atoms with van der Waals surface area (Å²) in [5.41, 5.74) is 7.45. The van der Waals surface area contributed by atoms with Crippen LogP contribution < -0.4 is 5.73 Å². The molecule has 2 heterocycles. The van der Waals surface area contributed by atoms with Gasteiger partial charge in [0.05, 0.1) is 12.4 Å². The van der Waals surface area contributed by atoms with E-state index in [1.165, 1.54) is 0 Å². The van der Waals surface area contributed by atoms with Crippen molar-refractivity contribution in [1.82, 2.24) is 19.5 Å². The van der Waals surface area contributed by atoms with E-state index in [2.05, 4.69) is 41.0 Å². The second-order valence-electron chi connectivity index (χ2n) is 6.05. The number of nitrogen functional groups attached to an aromatic ring is 1. The Bertz CT molecular complexity index is 697. The number of allylic oxidation sites excluding steroid dienone is 1. The van der Waals surface area contributed by atoms with Crippen LogP contribution in [0.25, 0.3) is 11.2 Å². The van der Waals surface area contributed by atoms with Gasteiger partial charge in [0.2, 0.25) is 5.95 Å². The Hall–Kier alpha value is -1.60. The van der Waals surface area contributed by atoms with Crippen LogP contribution in [0.1, 0.15) is 26.3 Å². The Kier molecular flexibility index (Phi) is 4.35. The molecule has 0 bridgehead atoms. The molecule has 0 saturated heterocycles. The van der Waals surface area contributed by atoms with Gasteiger partial charge in [-0.3, -0.25) is 0 Å². The molecule has 2 atom stereocenters. The molecule has 1 aliphatic carbocycles. The van der Waals surface area contributed by atoms with Crippen molar-refractivity contribution in [1.29, 1.82) is 0 Å². The monoisotopic (exact) mass is 319 g/mol. The normalized spacial score (nSPS) is 21.3. The first kappa shape index (κ1) is 15.3. The molecule has 0 aliphatic heterocycles. The van der Waals surface area contributed by atoms with Gasteiger partial charge in [0.15, 0.2) is 5.65 Å². The lowest BCUT2D eigenvalue weighted by Gasteiger charge is -2.13. The predicted octanol–water partition coefficient (Wildman–Crippen LogP) is 2.27. The number of aromatic nitrogens is 4. The summed E-state index contributed by atoms with van der Waals surface area (Å²) in [4.78, 5) is 13.2. The number of imidazole rings is 1. The molecule has 3 rings (SSSR count). The van der Waals surface area contributed by atoms with Gasteiger partial charge >= 0.3 is 0 Å². The van der Waals surface area contributed by atoms with Crippen molar-refractivity contribution in [2.45, 2.75) is 31.3 Å². The molecule has 22 heavy (non-hydrogen) atoms. The Morgan fingerprint density at radius 3 is 2.91 bits per heavy atom. The molecule has 2 aromatic heterocycles. The summed E-state index contributed by atoms with van der Waals surface area (Å²) in [5.74, 6) is 2.02. The SMILES string of the molecule is CC(C)CSc1nc(N)nc2c1ncn2[C@H]1C=C[C@@H](CO)C1. The van der Waals surface area contributed by atoms with Crippen LogP contribution in [-0.2, 0) is 0 Å². The van der Waals surface area contributed by atoms with Crippen LogP contribution in [0.4, 0.5) is 5.95 Å². The molecule has 0 fully saturated rings. The lowest BCUT2D eigenvalue weighted by atomic mass is 10.1. The molecule has 6 nitrogen and oxygen atoms in total. The van der Waals surface area contributed by atoms with Crippen LogP contribution in [0.5, 0.6) is 0 Å².